The van der Waals surface area contributed by atoms with Gasteiger partial charge in [-0.3, -0.25) is 14.6 Å². The highest BCUT2D eigenvalue weighted by molar-refractivity contribution is 7.91. The number of hydrogen-bond acceptors (Lipinski definition) is 5. The van der Waals surface area contributed by atoms with E-state index in [1.165, 1.54) is 5.56 Å². The molecule has 2 atom stereocenters. The number of sulfone groups is 1. The molecule has 2 unspecified atom stereocenters. The van der Waals surface area contributed by atoms with E-state index in [0.717, 1.165) is 43.7 Å². The maximum absolute atomic E-state index is 12.6. The lowest BCUT2D eigenvalue weighted by Crippen LogP contribution is -2.52. The van der Waals surface area contributed by atoms with Crippen LogP contribution in [0.3, 0.4) is 0 Å². The summed E-state index contributed by atoms with van der Waals surface area (Å²) in [5.74, 6) is 0.620. The van der Waals surface area contributed by atoms with Gasteiger partial charge < -0.3 is 5.32 Å². The van der Waals surface area contributed by atoms with Crippen LogP contribution in [0.1, 0.15) is 24.9 Å². The van der Waals surface area contributed by atoms with Gasteiger partial charge in [-0.25, -0.2) is 8.42 Å². The predicted molar refractivity (Wildman–Crippen MR) is 124 cm³/mol. The molecule has 2 heterocycles. The first kappa shape index (κ1) is 22.0. The van der Waals surface area contributed by atoms with E-state index in [9.17, 15) is 13.2 Å². The summed E-state index contributed by atoms with van der Waals surface area (Å²) in [6.07, 6.45) is 0.739. The Bertz CT molecular complexity index is 984. The Labute approximate surface area is 185 Å². The SMILES string of the molecule is CC(NC(=O)CN1CCN(C2CCS(=O)(=O)C2)CC1)c1ccc(-c2ccccc2)cc1. The van der Waals surface area contributed by atoms with Crippen LogP contribution < -0.4 is 5.32 Å². The van der Waals surface area contributed by atoms with E-state index in [4.69, 9.17) is 0 Å². The van der Waals surface area contributed by atoms with Gasteiger partial charge in [-0.2, -0.15) is 0 Å². The van der Waals surface area contributed by atoms with Crippen molar-refractivity contribution in [1.29, 1.82) is 0 Å². The second kappa shape index (κ2) is 9.51. The topological polar surface area (TPSA) is 69.7 Å². The Morgan fingerprint density at radius 2 is 1.65 bits per heavy atom. The van der Waals surface area contributed by atoms with Gasteiger partial charge in [0.15, 0.2) is 9.84 Å². The zero-order valence-corrected chi connectivity index (χ0v) is 18.9. The molecule has 2 aromatic rings. The molecule has 1 amide bonds. The number of carbonyl (C=O) groups excluding carboxylic acids is 1. The van der Waals surface area contributed by atoms with E-state index in [1.54, 1.807) is 0 Å². The van der Waals surface area contributed by atoms with Crippen molar-refractivity contribution in [2.45, 2.75) is 25.4 Å². The monoisotopic (exact) mass is 441 g/mol. The number of hydrogen-bond donors (Lipinski definition) is 1. The van der Waals surface area contributed by atoms with Gasteiger partial charge in [0.1, 0.15) is 0 Å². The first-order valence-electron chi connectivity index (χ1n) is 11.0. The van der Waals surface area contributed by atoms with Crippen molar-refractivity contribution in [3.63, 3.8) is 0 Å². The highest BCUT2D eigenvalue weighted by Crippen LogP contribution is 2.22. The Morgan fingerprint density at radius 1 is 1.00 bits per heavy atom. The van der Waals surface area contributed by atoms with Crippen LogP contribution in [-0.4, -0.2) is 74.4 Å². The summed E-state index contributed by atoms with van der Waals surface area (Å²) in [7, 11) is -2.86. The van der Waals surface area contributed by atoms with E-state index >= 15 is 0 Å². The molecule has 7 heteroatoms. The van der Waals surface area contributed by atoms with Gasteiger partial charge in [-0.15, -0.1) is 0 Å². The van der Waals surface area contributed by atoms with Crippen LogP contribution in [0, 0.1) is 0 Å². The van der Waals surface area contributed by atoms with Crippen LogP contribution in [-0.2, 0) is 14.6 Å². The summed E-state index contributed by atoms with van der Waals surface area (Å²) in [6, 6.07) is 18.7. The lowest BCUT2D eigenvalue weighted by molar-refractivity contribution is -0.123. The average Bonchev–Trinajstić information content (AvgIpc) is 3.14. The van der Waals surface area contributed by atoms with Gasteiger partial charge in [0.05, 0.1) is 24.1 Å². The minimum Gasteiger partial charge on any atom is -0.348 e. The van der Waals surface area contributed by atoms with E-state index < -0.39 is 9.84 Å². The lowest BCUT2D eigenvalue weighted by Gasteiger charge is -2.37. The summed E-state index contributed by atoms with van der Waals surface area (Å²) in [5.41, 5.74) is 3.43. The third kappa shape index (κ3) is 5.73. The summed E-state index contributed by atoms with van der Waals surface area (Å²) < 4.78 is 23.4. The van der Waals surface area contributed by atoms with Crippen molar-refractivity contribution in [2.75, 3.05) is 44.2 Å². The molecule has 0 aromatic heterocycles. The highest BCUT2D eigenvalue weighted by atomic mass is 32.2. The van der Waals surface area contributed by atoms with Crippen molar-refractivity contribution >= 4 is 15.7 Å². The fourth-order valence-electron chi connectivity index (χ4n) is 4.52. The Morgan fingerprint density at radius 3 is 2.26 bits per heavy atom. The van der Waals surface area contributed by atoms with Gasteiger partial charge in [0.25, 0.3) is 0 Å². The molecule has 0 aliphatic carbocycles. The number of nitrogens with zero attached hydrogens (tertiary/aromatic N) is 2. The molecule has 166 valence electrons. The first-order valence-corrected chi connectivity index (χ1v) is 12.8. The maximum Gasteiger partial charge on any atom is 0.234 e. The molecule has 2 aromatic carbocycles. The van der Waals surface area contributed by atoms with Crippen LogP contribution in [0.2, 0.25) is 0 Å². The largest absolute Gasteiger partial charge is 0.348 e. The van der Waals surface area contributed by atoms with E-state index in [0.29, 0.717) is 12.3 Å². The standard InChI is InChI=1S/C24H31N3O3S/c1-19(20-7-9-22(10-8-20)21-5-3-2-4-6-21)25-24(28)17-26-12-14-27(15-13-26)23-11-16-31(29,30)18-23/h2-10,19,23H,11-18H2,1H3,(H,25,28). The summed E-state index contributed by atoms with van der Waals surface area (Å²) >= 11 is 0. The first-order chi connectivity index (χ1) is 14.9. The van der Waals surface area contributed by atoms with E-state index in [1.807, 2.05) is 25.1 Å². The van der Waals surface area contributed by atoms with Gasteiger partial charge in [-0.1, -0.05) is 54.6 Å². The third-order valence-electron chi connectivity index (χ3n) is 6.39. The van der Waals surface area contributed by atoms with E-state index in [-0.39, 0.29) is 23.7 Å². The van der Waals surface area contributed by atoms with Crippen LogP contribution in [0.5, 0.6) is 0 Å². The van der Waals surface area contributed by atoms with Gasteiger partial charge in [-0.05, 0) is 30.0 Å². The molecule has 6 nitrogen and oxygen atoms in total. The highest BCUT2D eigenvalue weighted by Gasteiger charge is 2.33. The summed E-state index contributed by atoms with van der Waals surface area (Å²) in [6.45, 7) is 5.62. The van der Waals surface area contributed by atoms with E-state index in [2.05, 4.69) is 51.5 Å². The normalized spacial score (nSPS) is 22.8. The zero-order valence-electron chi connectivity index (χ0n) is 18.0. The molecule has 2 saturated heterocycles. The molecular weight excluding hydrogens is 410 g/mol. The molecule has 0 saturated carbocycles. The minimum absolute atomic E-state index is 0.0246. The molecule has 0 radical (unpaired) electrons. The second-order valence-corrected chi connectivity index (χ2v) is 10.9. The van der Waals surface area contributed by atoms with Crippen molar-refractivity contribution in [1.82, 2.24) is 15.1 Å². The predicted octanol–water partition coefficient (Wildman–Crippen LogP) is 2.34. The second-order valence-electron chi connectivity index (χ2n) is 8.65. The number of carbonyl (C=O) groups is 1. The lowest BCUT2D eigenvalue weighted by atomic mass is 10.0. The van der Waals surface area contributed by atoms with Gasteiger partial charge in [0, 0.05) is 32.2 Å². The molecular formula is C24H31N3O3S. The van der Waals surface area contributed by atoms with Crippen molar-refractivity contribution in [3.8, 4) is 11.1 Å². The Kier molecular flexibility index (Phi) is 6.74. The Hall–Kier alpha value is -2.22. The number of amides is 1. The molecule has 4 rings (SSSR count). The molecule has 2 aliphatic heterocycles. The third-order valence-corrected chi connectivity index (χ3v) is 8.14. The van der Waals surface area contributed by atoms with Crippen molar-refractivity contribution in [2.24, 2.45) is 0 Å². The summed E-state index contributed by atoms with van der Waals surface area (Å²) in [5, 5.41) is 3.11. The fraction of sp³-hybridized carbons (Fsp3) is 0.458. The average molecular weight is 442 g/mol. The van der Waals surface area contributed by atoms with Gasteiger partial charge >= 0.3 is 0 Å². The number of nitrogens with one attached hydrogen (secondary N) is 1. The Balaban J connectivity index is 1.24. The van der Waals surface area contributed by atoms with Gasteiger partial charge in [0.2, 0.25) is 5.91 Å². The van der Waals surface area contributed by atoms with Crippen LogP contribution in [0.25, 0.3) is 11.1 Å². The molecule has 1 N–H and O–H groups in total. The van der Waals surface area contributed by atoms with Crippen LogP contribution >= 0.6 is 0 Å². The minimum atomic E-state index is -2.86. The smallest absolute Gasteiger partial charge is 0.234 e. The van der Waals surface area contributed by atoms with Crippen molar-refractivity contribution in [3.05, 3.63) is 60.2 Å². The maximum atomic E-state index is 12.6. The molecule has 31 heavy (non-hydrogen) atoms. The van der Waals surface area contributed by atoms with Crippen LogP contribution in [0.4, 0.5) is 0 Å². The van der Waals surface area contributed by atoms with Crippen LogP contribution in [0.15, 0.2) is 54.6 Å². The van der Waals surface area contributed by atoms with Crippen molar-refractivity contribution < 1.29 is 13.2 Å². The number of benzene rings is 2. The molecule has 0 spiro atoms. The summed E-state index contributed by atoms with van der Waals surface area (Å²) in [4.78, 5) is 17.0. The zero-order chi connectivity index (χ0) is 21.8. The molecule has 2 fully saturated rings. The fourth-order valence-corrected chi connectivity index (χ4v) is 6.28. The number of piperazine rings is 1. The quantitative estimate of drug-likeness (QED) is 0.745. The molecule has 0 bridgehead atoms. The molecule has 2 aliphatic rings. The number of rotatable bonds is 6.